The molecule has 622 valence electrons. The molecule has 8 aliphatic heterocycles. The summed E-state index contributed by atoms with van der Waals surface area (Å²) < 4.78 is 35.6. The second kappa shape index (κ2) is 35.4. The summed E-state index contributed by atoms with van der Waals surface area (Å²) in [6.07, 6.45) is 15.4. The molecule has 6 aromatic heterocycles. The Labute approximate surface area is 705 Å². The first kappa shape index (κ1) is 87.9. The first-order valence-corrected chi connectivity index (χ1v) is 39.7. The Balaban J connectivity index is 0.000000155. The number of likely N-dealkylation sites (N-methyl/N-ethyl adjacent to an activating group) is 4. The van der Waals surface area contributed by atoms with Crippen molar-refractivity contribution in [1.29, 1.82) is 0 Å². The van der Waals surface area contributed by atoms with E-state index in [2.05, 4.69) is 84.1 Å². The average Bonchev–Trinajstić information content (AvgIpc) is 1.56. The zero-order valence-electron chi connectivity index (χ0n) is 65.0. The maximum absolute atomic E-state index is 13.6. The van der Waals surface area contributed by atoms with Gasteiger partial charge in [-0.3, -0.25) is 39.1 Å². The van der Waals surface area contributed by atoms with Gasteiger partial charge < -0.3 is 63.5 Å². The van der Waals surface area contributed by atoms with E-state index in [1.807, 2.05) is 106 Å². The molecule has 29 heteroatoms. The van der Waals surface area contributed by atoms with Crippen LogP contribution in [0.4, 0.5) is 41.5 Å². The second-order valence-electron chi connectivity index (χ2n) is 30.5. The van der Waals surface area contributed by atoms with Crippen molar-refractivity contribution < 1.29 is 56.9 Å². The fourth-order valence-corrected chi connectivity index (χ4v) is 19.0. The number of halogens is 3. The van der Waals surface area contributed by atoms with Gasteiger partial charge >= 0.3 is 18.3 Å². The Kier molecular flexibility index (Phi) is 26.3. The number of pyridine rings is 6. The lowest BCUT2D eigenvalue weighted by Crippen LogP contribution is -2.49. The number of fused-ring (bicyclic) bond motifs is 16. The molecule has 0 saturated carbocycles. The summed E-state index contributed by atoms with van der Waals surface area (Å²) in [4.78, 5) is 129. The molecular formula is C89H104Br2FN15O11. The van der Waals surface area contributed by atoms with Gasteiger partial charge in [0, 0.05) is 156 Å². The number of carbonyl (C=O) groups is 7. The number of benzene rings is 4. The number of aromatic nitrogens is 6. The molecule has 0 aliphatic carbocycles. The third-order valence-electron chi connectivity index (χ3n) is 24.3. The van der Waals surface area contributed by atoms with Gasteiger partial charge in [0.2, 0.25) is 35.5 Å². The molecule has 0 unspecified atom stereocenters. The highest BCUT2D eigenvalue weighted by Crippen LogP contribution is 2.55. The number of likely N-dealkylation sites (tertiary alicyclic amines) is 3. The summed E-state index contributed by atoms with van der Waals surface area (Å²) in [6, 6.07) is 30.9. The standard InChI is InChI=1S/C28H33N5O4.C23H21FN4O3.C18H18BrN3O3.C16H16BrN3O.4CH4/c1-31(2)12-5-15-37-24-9-7-20(17-30-24)19-6-8-22-21(16-19)25-23(18-29-22)32(3)26(34)28(25)10-13-33(14-11-28)27(35)36-4;1-27-18-13-25-17-5-3-14(15-4-6-19(24)26-12-15)11-16(17)20(18)23(21(27)29)7-9-28(10-8-23)22(30)31-2;1-21-14-10-20-13-4-3-11(19)9-12(13)15(14)18(16(21)23)5-7-22(8-6-18)17(24)25-2;1-20-13-9-19-12-3-2-10(17)8-11(12)14(13)16(15(20)21)4-6-18-7-5-16;;;;/h6-9,16-18H,5,10-15H2,1-4H3;3-6,11-13H,7-10H2,1-2H3;3-4,9-10H,5-8H2,1-2H3;2-3,8-9,18H,4-7H2,1H3;4*1H4. The summed E-state index contributed by atoms with van der Waals surface area (Å²) in [7, 11) is 15.5. The number of nitrogens with zero attached hydrogens (tertiary/aromatic N) is 14. The number of nitrogens with one attached hydrogen (secondary N) is 1. The van der Waals surface area contributed by atoms with Gasteiger partial charge in [0.05, 0.1) is 119 Å². The molecule has 4 saturated heterocycles. The fraction of sp³-hybridized carbons (Fsp3) is 0.404. The Morgan fingerprint density at radius 2 is 0.737 bits per heavy atom. The number of anilines is 4. The first-order chi connectivity index (χ1) is 54.9. The Bertz CT molecular complexity index is 5500. The van der Waals surface area contributed by atoms with Crippen LogP contribution >= 0.6 is 31.9 Å². The average molecular weight is 1740 g/mol. The van der Waals surface area contributed by atoms with Crippen LogP contribution in [-0.2, 0) is 55.0 Å². The van der Waals surface area contributed by atoms with Crippen LogP contribution in [0, 0.1) is 5.95 Å². The van der Waals surface area contributed by atoms with Gasteiger partial charge in [0.25, 0.3) is 0 Å². The molecule has 4 fully saturated rings. The normalized spacial score (nSPS) is 17.3. The lowest BCUT2D eigenvalue weighted by molar-refractivity contribution is -0.125. The van der Waals surface area contributed by atoms with E-state index in [-0.39, 0.29) is 77.0 Å². The SMILES string of the molecule is C.C.C.C.CN1C(=O)C2(CCNCC2)c2c1cnc1ccc(Br)cc21.COC(=O)N1CCC2(CC1)C(=O)N(C)c1cnc3ccc(-c4ccc(F)nc4)cc3c12.COC(=O)N1CCC2(CC1)C(=O)N(C)c1cnc3ccc(-c4ccc(OCCCN(C)C)nc4)cc3c12.COC(=O)N1CCC2(CC1)C(=O)N(C)c1cnc3ccc(Br)cc3c12. The topological polar surface area (TPSA) is 272 Å². The van der Waals surface area contributed by atoms with Crippen molar-refractivity contribution in [3.8, 4) is 28.1 Å². The van der Waals surface area contributed by atoms with E-state index in [4.69, 9.17) is 18.9 Å². The molecule has 14 heterocycles. The van der Waals surface area contributed by atoms with E-state index >= 15 is 0 Å². The molecular weight excluding hydrogens is 1630 g/mol. The van der Waals surface area contributed by atoms with Crippen molar-refractivity contribution in [2.75, 3.05) is 149 Å². The van der Waals surface area contributed by atoms with Crippen LogP contribution in [0.2, 0.25) is 0 Å². The molecule has 4 aromatic carbocycles. The van der Waals surface area contributed by atoms with E-state index in [9.17, 15) is 38.0 Å². The number of methoxy groups -OCH3 is 3. The minimum Gasteiger partial charge on any atom is -0.478 e. The quantitative estimate of drug-likeness (QED) is 0.0882. The molecule has 18 rings (SSSR count). The molecule has 0 atom stereocenters. The van der Waals surface area contributed by atoms with Gasteiger partial charge in [-0.05, 0) is 175 Å². The number of carbonyl (C=O) groups excluding carboxylic acids is 7. The maximum atomic E-state index is 13.6. The summed E-state index contributed by atoms with van der Waals surface area (Å²) >= 11 is 7.07. The molecule has 7 amide bonds. The monoisotopic (exact) mass is 1740 g/mol. The van der Waals surface area contributed by atoms with Crippen molar-refractivity contribution >= 4 is 140 Å². The Hall–Kier alpha value is -10.9. The summed E-state index contributed by atoms with van der Waals surface area (Å²) in [6.45, 7) is 6.18. The minimum atomic E-state index is -0.713. The van der Waals surface area contributed by atoms with E-state index < -0.39 is 22.2 Å². The van der Waals surface area contributed by atoms with E-state index in [0.717, 1.165) is 153 Å². The van der Waals surface area contributed by atoms with Crippen LogP contribution in [0.1, 0.15) is 110 Å². The van der Waals surface area contributed by atoms with Crippen LogP contribution in [0.5, 0.6) is 5.88 Å². The van der Waals surface area contributed by atoms with Gasteiger partial charge in [-0.2, -0.15) is 4.39 Å². The van der Waals surface area contributed by atoms with Crippen molar-refractivity contribution in [3.05, 3.63) is 171 Å². The predicted octanol–water partition coefficient (Wildman–Crippen LogP) is 15.4. The number of rotatable bonds is 7. The van der Waals surface area contributed by atoms with Crippen LogP contribution in [-0.4, -0.2) is 221 Å². The largest absolute Gasteiger partial charge is 0.478 e. The van der Waals surface area contributed by atoms with Crippen LogP contribution in [0.3, 0.4) is 0 Å². The molecule has 118 heavy (non-hydrogen) atoms. The summed E-state index contributed by atoms with van der Waals surface area (Å²) in [5.41, 5.74) is 12.3. The Morgan fingerprint density at radius 3 is 1.05 bits per heavy atom. The third-order valence-corrected chi connectivity index (χ3v) is 25.3. The van der Waals surface area contributed by atoms with Gasteiger partial charge in [-0.25, -0.2) is 24.4 Å². The van der Waals surface area contributed by atoms with Crippen molar-refractivity contribution in [2.45, 2.75) is 109 Å². The number of hydrogen-bond donors (Lipinski definition) is 1. The maximum Gasteiger partial charge on any atom is 0.409 e. The number of ether oxygens (including phenoxy) is 4. The van der Waals surface area contributed by atoms with Gasteiger partial charge in [-0.1, -0.05) is 73.7 Å². The minimum absolute atomic E-state index is 0. The van der Waals surface area contributed by atoms with Crippen molar-refractivity contribution in [1.82, 2.24) is 54.8 Å². The number of hydrogen-bond acceptors (Lipinski definition) is 19. The van der Waals surface area contributed by atoms with E-state index in [1.54, 1.807) is 80.1 Å². The highest BCUT2D eigenvalue weighted by Gasteiger charge is 2.57. The molecule has 0 radical (unpaired) electrons. The lowest BCUT2D eigenvalue weighted by atomic mass is 9.72. The van der Waals surface area contributed by atoms with E-state index in [0.29, 0.717) is 90.3 Å². The Morgan fingerprint density at radius 1 is 0.424 bits per heavy atom. The molecule has 0 bridgehead atoms. The first-order valence-electron chi connectivity index (χ1n) is 38.1. The highest BCUT2D eigenvalue weighted by molar-refractivity contribution is 9.10. The molecule has 8 aliphatic rings. The van der Waals surface area contributed by atoms with Crippen LogP contribution in [0.25, 0.3) is 65.9 Å². The van der Waals surface area contributed by atoms with Gasteiger partial charge in [-0.15, -0.1) is 0 Å². The van der Waals surface area contributed by atoms with Crippen LogP contribution in [0.15, 0.2) is 143 Å². The smallest absolute Gasteiger partial charge is 0.409 e. The third kappa shape index (κ3) is 15.4. The summed E-state index contributed by atoms with van der Waals surface area (Å²) in [5, 5.41) is 7.31. The molecule has 26 nitrogen and oxygen atoms in total. The molecule has 4 spiro atoms. The van der Waals surface area contributed by atoms with Gasteiger partial charge in [0.15, 0.2) is 0 Å². The predicted molar refractivity (Wildman–Crippen MR) is 466 cm³/mol. The second-order valence-corrected chi connectivity index (χ2v) is 32.4. The zero-order chi connectivity index (χ0) is 80.3. The fourth-order valence-electron chi connectivity index (χ4n) is 18.3. The lowest BCUT2D eigenvalue weighted by Gasteiger charge is -2.38. The molecule has 10 aromatic rings. The van der Waals surface area contributed by atoms with Crippen LogP contribution < -0.4 is 29.7 Å². The number of amides is 7. The molecule has 1 N–H and O–H groups in total. The highest BCUT2D eigenvalue weighted by atomic mass is 79.9. The van der Waals surface area contributed by atoms with Gasteiger partial charge in [0.1, 0.15) is 0 Å². The van der Waals surface area contributed by atoms with E-state index in [1.165, 1.54) is 39.2 Å². The zero-order valence-corrected chi connectivity index (χ0v) is 68.2. The van der Waals surface area contributed by atoms with Crippen molar-refractivity contribution in [3.63, 3.8) is 0 Å². The number of piperidine rings is 4. The van der Waals surface area contributed by atoms with Crippen molar-refractivity contribution in [2.24, 2.45) is 0 Å². The summed E-state index contributed by atoms with van der Waals surface area (Å²) in [5.74, 6) is 0.457.